The molecule has 0 aliphatic carbocycles. The van der Waals surface area contributed by atoms with Crippen LogP contribution in [0.4, 0.5) is 4.39 Å². The highest BCUT2D eigenvalue weighted by Gasteiger charge is 2.55. The van der Waals surface area contributed by atoms with Crippen molar-refractivity contribution < 1.29 is 9.13 Å². The van der Waals surface area contributed by atoms with Crippen LogP contribution < -0.4 is 11.2 Å². The maximum absolute atomic E-state index is 14.5. The standard InChI is InChI=1S/C11H14ClFN2O3/c1-3-7-6(2)11(12,13)9(18-7)15-5-4-8(16)14-10(15)17/h4-7,9H,3H2,1-2H3,(H,14,16,17)/t6-,7-,9-,11-/m1/s1. The third-order valence-electron chi connectivity index (χ3n) is 3.30. The fourth-order valence-electron chi connectivity index (χ4n) is 2.16. The summed E-state index contributed by atoms with van der Waals surface area (Å²) in [5, 5.41) is -2.18. The minimum Gasteiger partial charge on any atom is -0.349 e. The molecule has 5 nitrogen and oxygen atoms in total. The molecule has 100 valence electrons. The van der Waals surface area contributed by atoms with Gasteiger partial charge in [-0.25, -0.2) is 9.18 Å². The second-order valence-electron chi connectivity index (χ2n) is 4.42. The topological polar surface area (TPSA) is 64.1 Å². The van der Waals surface area contributed by atoms with Gasteiger partial charge in [-0.3, -0.25) is 14.3 Å². The summed E-state index contributed by atoms with van der Waals surface area (Å²) in [6, 6.07) is 1.13. The number of hydrogen-bond donors (Lipinski definition) is 1. The van der Waals surface area contributed by atoms with Gasteiger partial charge in [0.05, 0.1) is 6.10 Å². The van der Waals surface area contributed by atoms with Crippen LogP contribution >= 0.6 is 11.6 Å². The van der Waals surface area contributed by atoms with Crippen LogP contribution in [0, 0.1) is 5.92 Å². The molecule has 1 aliphatic rings. The van der Waals surface area contributed by atoms with Gasteiger partial charge in [0, 0.05) is 18.2 Å². The zero-order valence-corrected chi connectivity index (χ0v) is 10.8. The van der Waals surface area contributed by atoms with Gasteiger partial charge >= 0.3 is 5.69 Å². The normalized spacial score (nSPS) is 35.9. The molecule has 0 amide bonds. The third-order valence-corrected chi connectivity index (χ3v) is 3.83. The Balaban J connectivity index is 2.45. The minimum atomic E-state index is -2.18. The van der Waals surface area contributed by atoms with Gasteiger partial charge in [0.1, 0.15) is 0 Å². The number of halogens is 2. The molecule has 2 rings (SSSR count). The van der Waals surface area contributed by atoms with E-state index in [1.54, 1.807) is 6.92 Å². The Bertz CT molecular complexity index is 554. The van der Waals surface area contributed by atoms with E-state index >= 15 is 0 Å². The number of aromatic nitrogens is 2. The van der Waals surface area contributed by atoms with Gasteiger partial charge < -0.3 is 4.74 Å². The molecule has 1 fully saturated rings. The number of aromatic amines is 1. The first-order valence-corrected chi connectivity index (χ1v) is 6.10. The molecule has 0 spiro atoms. The highest BCUT2D eigenvalue weighted by Crippen LogP contribution is 2.48. The van der Waals surface area contributed by atoms with Gasteiger partial charge in [-0.15, -0.1) is 0 Å². The first-order chi connectivity index (χ1) is 8.37. The summed E-state index contributed by atoms with van der Waals surface area (Å²) in [5.41, 5.74) is -1.28. The van der Waals surface area contributed by atoms with E-state index in [1.807, 2.05) is 11.9 Å². The van der Waals surface area contributed by atoms with E-state index in [0.29, 0.717) is 6.42 Å². The van der Waals surface area contributed by atoms with Crippen molar-refractivity contribution in [3.05, 3.63) is 33.1 Å². The van der Waals surface area contributed by atoms with Crippen molar-refractivity contribution in [2.45, 2.75) is 37.7 Å². The van der Waals surface area contributed by atoms with Crippen molar-refractivity contribution in [1.29, 1.82) is 0 Å². The summed E-state index contributed by atoms with van der Waals surface area (Å²) >= 11 is 5.86. The van der Waals surface area contributed by atoms with E-state index in [9.17, 15) is 14.0 Å². The van der Waals surface area contributed by atoms with E-state index in [1.165, 1.54) is 6.20 Å². The van der Waals surface area contributed by atoms with E-state index in [4.69, 9.17) is 16.3 Å². The van der Waals surface area contributed by atoms with Crippen LogP contribution in [0.15, 0.2) is 21.9 Å². The van der Waals surface area contributed by atoms with Gasteiger partial charge in [-0.2, -0.15) is 0 Å². The van der Waals surface area contributed by atoms with Gasteiger partial charge in [-0.05, 0) is 6.42 Å². The van der Waals surface area contributed by atoms with Crippen molar-refractivity contribution in [3.8, 4) is 0 Å². The molecular weight excluding hydrogens is 263 g/mol. The number of rotatable bonds is 2. The molecule has 1 aromatic rings. The van der Waals surface area contributed by atoms with Crippen LogP contribution in [0.1, 0.15) is 26.5 Å². The maximum atomic E-state index is 14.5. The fourth-order valence-corrected chi connectivity index (χ4v) is 2.46. The van der Waals surface area contributed by atoms with E-state index in [0.717, 1.165) is 10.6 Å². The predicted molar refractivity (Wildman–Crippen MR) is 64.4 cm³/mol. The lowest BCUT2D eigenvalue weighted by atomic mass is 9.99. The third kappa shape index (κ3) is 1.99. The molecule has 4 atom stereocenters. The first kappa shape index (κ1) is 13.3. The second-order valence-corrected chi connectivity index (χ2v) is 5.00. The summed E-state index contributed by atoms with van der Waals surface area (Å²) < 4.78 is 20.9. The maximum Gasteiger partial charge on any atom is 0.330 e. The minimum absolute atomic E-state index is 0.365. The highest BCUT2D eigenvalue weighted by atomic mass is 35.5. The van der Waals surface area contributed by atoms with Crippen molar-refractivity contribution in [3.63, 3.8) is 0 Å². The Morgan fingerprint density at radius 2 is 2.28 bits per heavy atom. The number of H-pyrrole nitrogens is 1. The van der Waals surface area contributed by atoms with Crippen LogP contribution in [0.5, 0.6) is 0 Å². The molecule has 0 radical (unpaired) electrons. The van der Waals surface area contributed by atoms with Crippen molar-refractivity contribution in [1.82, 2.24) is 9.55 Å². The Kier molecular flexibility index (Phi) is 3.33. The average molecular weight is 277 g/mol. The van der Waals surface area contributed by atoms with Gasteiger partial charge in [0.2, 0.25) is 5.13 Å². The molecule has 18 heavy (non-hydrogen) atoms. The fraction of sp³-hybridized carbons (Fsp3) is 0.636. The van der Waals surface area contributed by atoms with Gasteiger partial charge in [0.25, 0.3) is 5.56 Å². The average Bonchev–Trinajstić information content (AvgIpc) is 2.52. The second kappa shape index (κ2) is 4.51. The Hall–Kier alpha value is -1.14. The van der Waals surface area contributed by atoms with Crippen LogP contribution in [-0.2, 0) is 4.74 Å². The lowest BCUT2D eigenvalue weighted by molar-refractivity contribution is -0.0322. The number of hydrogen-bond acceptors (Lipinski definition) is 3. The molecular formula is C11H14ClFN2O3. The molecule has 0 unspecified atom stereocenters. The molecule has 1 N–H and O–H groups in total. The first-order valence-electron chi connectivity index (χ1n) is 5.72. The van der Waals surface area contributed by atoms with E-state index in [2.05, 4.69) is 0 Å². The van der Waals surface area contributed by atoms with Crippen molar-refractivity contribution in [2.75, 3.05) is 0 Å². The number of nitrogens with zero attached hydrogens (tertiary/aromatic N) is 1. The summed E-state index contributed by atoms with van der Waals surface area (Å²) in [6.45, 7) is 3.49. The van der Waals surface area contributed by atoms with Crippen molar-refractivity contribution >= 4 is 11.6 Å². The van der Waals surface area contributed by atoms with E-state index < -0.39 is 28.5 Å². The lowest BCUT2D eigenvalue weighted by Crippen LogP contribution is -2.38. The predicted octanol–water partition coefficient (Wildman–Crippen LogP) is 1.38. The molecule has 1 aliphatic heterocycles. The van der Waals surface area contributed by atoms with Crippen LogP contribution in [0.2, 0.25) is 0 Å². The zero-order chi connectivity index (χ0) is 13.5. The van der Waals surface area contributed by atoms with Gasteiger partial charge in [0.15, 0.2) is 6.23 Å². The largest absolute Gasteiger partial charge is 0.349 e. The van der Waals surface area contributed by atoms with Crippen molar-refractivity contribution in [2.24, 2.45) is 5.92 Å². The smallest absolute Gasteiger partial charge is 0.330 e. The number of alkyl halides is 2. The highest BCUT2D eigenvalue weighted by molar-refractivity contribution is 6.23. The molecule has 1 saturated heterocycles. The summed E-state index contributed by atoms with van der Waals surface area (Å²) in [5.74, 6) is -0.548. The number of nitrogens with one attached hydrogen (secondary N) is 1. The molecule has 0 bridgehead atoms. The van der Waals surface area contributed by atoms with Gasteiger partial charge in [-0.1, -0.05) is 25.4 Å². The molecule has 0 saturated carbocycles. The Labute approximate surface area is 108 Å². The zero-order valence-electron chi connectivity index (χ0n) is 10.0. The SMILES string of the molecule is CC[C@H]1O[C@@H](n2ccc(=O)[nH]c2=O)[C@@](F)(Cl)[C@@H]1C. The summed E-state index contributed by atoms with van der Waals surface area (Å²) in [4.78, 5) is 24.6. The lowest BCUT2D eigenvalue weighted by Gasteiger charge is -2.23. The monoisotopic (exact) mass is 276 g/mol. The quantitative estimate of drug-likeness (QED) is 0.830. The molecule has 7 heteroatoms. The molecule has 2 heterocycles. The number of ether oxygens (including phenoxy) is 1. The Morgan fingerprint density at radius 3 is 2.78 bits per heavy atom. The summed E-state index contributed by atoms with van der Waals surface area (Å²) in [7, 11) is 0. The molecule has 1 aromatic heterocycles. The Morgan fingerprint density at radius 1 is 1.61 bits per heavy atom. The van der Waals surface area contributed by atoms with Crippen LogP contribution in [-0.4, -0.2) is 20.8 Å². The van der Waals surface area contributed by atoms with Crippen LogP contribution in [0.3, 0.4) is 0 Å². The van der Waals surface area contributed by atoms with E-state index in [-0.39, 0.29) is 6.10 Å². The van der Waals surface area contributed by atoms with Crippen LogP contribution in [0.25, 0.3) is 0 Å². The molecule has 0 aromatic carbocycles. The summed E-state index contributed by atoms with van der Waals surface area (Å²) in [6.07, 6.45) is 0.182.